The summed E-state index contributed by atoms with van der Waals surface area (Å²) < 4.78 is 5.30. The molecule has 1 unspecified atom stereocenters. The van der Waals surface area contributed by atoms with Crippen LogP contribution in [0.4, 0.5) is 0 Å². The highest BCUT2D eigenvalue weighted by molar-refractivity contribution is 5.98. The number of carbonyl (C=O) groups excluding carboxylic acids is 1. The Kier molecular flexibility index (Phi) is 3.71. The van der Waals surface area contributed by atoms with Gasteiger partial charge in [0.2, 0.25) is 0 Å². The number of furan rings is 1. The minimum atomic E-state index is -1.01. The van der Waals surface area contributed by atoms with E-state index in [0.717, 1.165) is 5.56 Å². The maximum absolute atomic E-state index is 12.8. The first-order valence-electron chi connectivity index (χ1n) is 7.31. The Hall–Kier alpha value is -2.56. The molecule has 5 nitrogen and oxygen atoms in total. The van der Waals surface area contributed by atoms with E-state index in [9.17, 15) is 14.7 Å². The standard InChI is InChI=1S/C17H17NO4/c1-2-14-13(8-10-22-14)16(19)18-9-7-11-5-3-4-6-12(11)15(18)17(20)21/h3-6,8,10,15H,2,7,9H2,1H3,(H,20,21). The van der Waals surface area contributed by atoms with Crippen LogP contribution >= 0.6 is 0 Å². The number of aryl methyl sites for hydroxylation is 1. The number of fused-ring (bicyclic) bond motifs is 1. The second-order valence-electron chi connectivity index (χ2n) is 5.30. The van der Waals surface area contributed by atoms with E-state index in [2.05, 4.69) is 0 Å². The van der Waals surface area contributed by atoms with Crippen molar-refractivity contribution in [2.24, 2.45) is 0 Å². The lowest BCUT2D eigenvalue weighted by molar-refractivity contribution is -0.143. The van der Waals surface area contributed by atoms with E-state index < -0.39 is 12.0 Å². The minimum absolute atomic E-state index is 0.285. The summed E-state index contributed by atoms with van der Waals surface area (Å²) in [7, 11) is 0. The fourth-order valence-electron chi connectivity index (χ4n) is 3.01. The number of carboxylic acid groups (broad SMARTS) is 1. The molecule has 2 aromatic rings. The molecule has 1 N–H and O–H groups in total. The fourth-order valence-corrected chi connectivity index (χ4v) is 3.01. The van der Waals surface area contributed by atoms with Crippen LogP contribution in [0.15, 0.2) is 41.0 Å². The number of hydrogen-bond acceptors (Lipinski definition) is 3. The monoisotopic (exact) mass is 299 g/mol. The van der Waals surface area contributed by atoms with Gasteiger partial charge in [-0.2, -0.15) is 0 Å². The zero-order chi connectivity index (χ0) is 15.7. The summed E-state index contributed by atoms with van der Waals surface area (Å²) in [5, 5.41) is 9.61. The first-order chi connectivity index (χ1) is 10.6. The summed E-state index contributed by atoms with van der Waals surface area (Å²) >= 11 is 0. The quantitative estimate of drug-likeness (QED) is 0.946. The van der Waals surface area contributed by atoms with E-state index in [-0.39, 0.29) is 5.91 Å². The lowest BCUT2D eigenvalue weighted by Gasteiger charge is -2.34. The summed E-state index contributed by atoms with van der Waals surface area (Å²) in [6, 6.07) is 8.06. The zero-order valence-electron chi connectivity index (χ0n) is 12.3. The molecule has 114 valence electrons. The van der Waals surface area contributed by atoms with Crippen LogP contribution in [0, 0.1) is 0 Å². The number of rotatable bonds is 3. The van der Waals surface area contributed by atoms with Crippen LogP contribution in [-0.4, -0.2) is 28.4 Å². The van der Waals surface area contributed by atoms with Crippen LogP contribution in [0.25, 0.3) is 0 Å². The van der Waals surface area contributed by atoms with E-state index in [0.29, 0.717) is 36.3 Å². The number of carboxylic acids is 1. The SMILES string of the molecule is CCc1occc1C(=O)N1CCc2ccccc2C1C(=O)O. The maximum Gasteiger partial charge on any atom is 0.331 e. The first-order valence-corrected chi connectivity index (χ1v) is 7.31. The van der Waals surface area contributed by atoms with Gasteiger partial charge < -0.3 is 14.4 Å². The van der Waals surface area contributed by atoms with E-state index in [1.54, 1.807) is 18.2 Å². The van der Waals surface area contributed by atoms with Crippen molar-refractivity contribution in [3.63, 3.8) is 0 Å². The van der Waals surface area contributed by atoms with Gasteiger partial charge in [-0.15, -0.1) is 0 Å². The molecule has 0 saturated carbocycles. The molecule has 1 aliphatic heterocycles. The maximum atomic E-state index is 12.8. The molecule has 1 aliphatic rings. The Labute approximate surface area is 128 Å². The molecule has 0 radical (unpaired) electrons. The third-order valence-electron chi connectivity index (χ3n) is 4.08. The van der Waals surface area contributed by atoms with Crippen LogP contribution < -0.4 is 0 Å². The number of nitrogens with zero attached hydrogens (tertiary/aromatic N) is 1. The Balaban J connectivity index is 2.00. The predicted molar refractivity (Wildman–Crippen MR) is 79.6 cm³/mol. The Morgan fingerprint density at radius 3 is 2.82 bits per heavy atom. The van der Waals surface area contributed by atoms with Gasteiger partial charge in [0.25, 0.3) is 5.91 Å². The van der Waals surface area contributed by atoms with Crippen LogP contribution in [-0.2, 0) is 17.6 Å². The molecule has 1 aromatic heterocycles. The molecule has 0 spiro atoms. The predicted octanol–water partition coefficient (Wildman–Crippen LogP) is 2.67. The lowest BCUT2D eigenvalue weighted by Crippen LogP contribution is -2.43. The smallest absolute Gasteiger partial charge is 0.331 e. The average Bonchev–Trinajstić information content (AvgIpc) is 3.01. The Morgan fingerprint density at radius 1 is 1.32 bits per heavy atom. The van der Waals surface area contributed by atoms with Crippen molar-refractivity contribution in [3.05, 3.63) is 59.0 Å². The van der Waals surface area contributed by atoms with E-state index in [1.165, 1.54) is 11.2 Å². The summed E-state index contributed by atoms with van der Waals surface area (Å²) in [6.07, 6.45) is 2.72. The Morgan fingerprint density at radius 2 is 2.09 bits per heavy atom. The number of carbonyl (C=O) groups is 2. The van der Waals surface area contributed by atoms with Gasteiger partial charge >= 0.3 is 5.97 Å². The summed E-state index contributed by atoms with van der Waals surface area (Å²) in [5.41, 5.74) is 2.13. The molecule has 1 atom stereocenters. The number of benzene rings is 1. The molecule has 0 aliphatic carbocycles. The lowest BCUT2D eigenvalue weighted by atomic mass is 9.92. The molecule has 1 aromatic carbocycles. The van der Waals surface area contributed by atoms with Crippen molar-refractivity contribution in [1.82, 2.24) is 4.90 Å². The third-order valence-corrected chi connectivity index (χ3v) is 4.08. The fraction of sp³-hybridized carbons (Fsp3) is 0.294. The topological polar surface area (TPSA) is 70.8 Å². The second-order valence-corrected chi connectivity index (χ2v) is 5.30. The molecular formula is C17H17NO4. The van der Waals surface area contributed by atoms with Crippen molar-refractivity contribution in [2.75, 3.05) is 6.54 Å². The zero-order valence-corrected chi connectivity index (χ0v) is 12.3. The van der Waals surface area contributed by atoms with E-state index >= 15 is 0 Å². The van der Waals surface area contributed by atoms with Crippen molar-refractivity contribution in [3.8, 4) is 0 Å². The van der Waals surface area contributed by atoms with Gasteiger partial charge in [0.15, 0.2) is 6.04 Å². The van der Waals surface area contributed by atoms with Gasteiger partial charge in [0.1, 0.15) is 5.76 Å². The van der Waals surface area contributed by atoms with Crippen molar-refractivity contribution >= 4 is 11.9 Å². The third kappa shape index (κ3) is 2.28. The van der Waals surface area contributed by atoms with Crippen LogP contribution in [0.1, 0.15) is 40.2 Å². The van der Waals surface area contributed by atoms with Gasteiger partial charge in [0.05, 0.1) is 11.8 Å². The molecule has 3 rings (SSSR count). The highest BCUT2D eigenvalue weighted by atomic mass is 16.4. The first kappa shape index (κ1) is 14.4. The number of aliphatic carboxylic acids is 1. The summed E-state index contributed by atoms with van der Waals surface area (Å²) in [4.78, 5) is 25.9. The van der Waals surface area contributed by atoms with Gasteiger partial charge in [-0.1, -0.05) is 31.2 Å². The molecule has 0 saturated heterocycles. The largest absolute Gasteiger partial charge is 0.479 e. The highest BCUT2D eigenvalue weighted by Crippen LogP contribution is 2.31. The van der Waals surface area contributed by atoms with Crippen LogP contribution in [0.3, 0.4) is 0 Å². The second kappa shape index (κ2) is 5.67. The van der Waals surface area contributed by atoms with Crippen LogP contribution in [0.5, 0.6) is 0 Å². The minimum Gasteiger partial charge on any atom is -0.479 e. The van der Waals surface area contributed by atoms with Crippen molar-refractivity contribution in [2.45, 2.75) is 25.8 Å². The molecule has 0 fully saturated rings. The normalized spacial score (nSPS) is 17.1. The molecule has 0 bridgehead atoms. The van der Waals surface area contributed by atoms with Crippen molar-refractivity contribution in [1.29, 1.82) is 0 Å². The number of hydrogen-bond donors (Lipinski definition) is 1. The molecule has 5 heteroatoms. The average molecular weight is 299 g/mol. The van der Waals surface area contributed by atoms with Crippen LogP contribution in [0.2, 0.25) is 0 Å². The molecule has 22 heavy (non-hydrogen) atoms. The summed E-state index contributed by atoms with van der Waals surface area (Å²) in [6.45, 7) is 2.29. The highest BCUT2D eigenvalue weighted by Gasteiger charge is 2.37. The van der Waals surface area contributed by atoms with Crippen molar-refractivity contribution < 1.29 is 19.1 Å². The Bertz CT molecular complexity index is 719. The molecular weight excluding hydrogens is 282 g/mol. The van der Waals surface area contributed by atoms with Gasteiger partial charge in [-0.05, 0) is 23.6 Å². The van der Waals surface area contributed by atoms with Gasteiger partial charge in [-0.25, -0.2) is 4.79 Å². The molecule has 2 heterocycles. The summed E-state index contributed by atoms with van der Waals surface area (Å²) in [5.74, 6) is -0.706. The molecule has 1 amide bonds. The van der Waals surface area contributed by atoms with Gasteiger partial charge in [0, 0.05) is 13.0 Å². The number of amides is 1. The van der Waals surface area contributed by atoms with E-state index in [4.69, 9.17) is 4.42 Å². The van der Waals surface area contributed by atoms with Gasteiger partial charge in [-0.3, -0.25) is 4.79 Å². The van der Waals surface area contributed by atoms with E-state index in [1.807, 2.05) is 19.1 Å².